The van der Waals surface area contributed by atoms with Crippen molar-refractivity contribution in [3.63, 3.8) is 0 Å². The zero-order valence-corrected chi connectivity index (χ0v) is 8.97. The number of nitrogen functional groups attached to an aromatic ring is 2. The number of ether oxygens (including phenoxy) is 1. The van der Waals surface area contributed by atoms with E-state index in [-0.39, 0.29) is 5.82 Å². The molecule has 2 aromatic rings. The van der Waals surface area contributed by atoms with E-state index in [2.05, 4.69) is 4.98 Å². The van der Waals surface area contributed by atoms with Gasteiger partial charge in [0, 0.05) is 12.3 Å². The first-order valence-electron chi connectivity index (χ1n) is 4.91. The van der Waals surface area contributed by atoms with Crippen LogP contribution in [0.25, 0.3) is 0 Å². The van der Waals surface area contributed by atoms with Crippen molar-refractivity contribution in [3.05, 3.63) is 42.1 Å². The lowest BCUT2D eigenvalue weighted by Crippen LogP contribution is -1.99. The van der Waals surface area contributed by atoms with Gasteiger partial charge in [0.25, 0.3) is 0 Å². The molecule has 0 fully saturated rings. The highest BCUT2D eigenvalue weighted by Gasteiger charge is 2.05. The van der Waals surface area contributed by atoms with Crippen LogP contribution in [0.5, 0.6) is 11.5 Å². The molecule has 0 amide bonds. The van der Waals surface area contributed by atoms with Crippen molar-refractivity contribution in [3.8, 4) is 11.5 Å². The summed E-state index contributed by atoms with van der Waals surface area (Å²) < 4.78 is 5.63. The third-order valence-corrected chi connectivity index (χ3v) is 2.20. The molecule has 0 bridgehead atoms. The fraction of sp³-hybridized carbons (Fsp3) is 0.0833. The Morgan fingerprint density at radius 1 is 1.19 bits per heavy atom. The van der Waals surface area contributed by atoms with E-state index in [1.807, 2.05) is 31.2 Å². The normalized spacial score (nSPS) is 10.1. The van der Waals surface area contributed by atoms with Crippen LogP contribution < -0.4 is 16.2 Å². The van der Waals surface area contributed by atoms with Crippen LogP contribution in [0.4, 0.5) is 11.5 Å². The van der Waals surface area contributed by atoms with Crippen molar-refractivity contribution in [1.82, 2.24) is 4.98 Å². The Balaban J connectivity index is 2.31. The average Bonchev–Trinajstić information content (AvgIpc) is 2.25. The second-order valence-electron chi connectivity index (χ2n) is 3.53. The number of nitrogens with zero attached hydrogens (tertiary/aromatic N) is 1. The first kappa shape index (κ1) is 10.3. The largest absolute Gasteiger partial charge is 0.455 e. The van der Waals surface area contributed by atoms with E-state index >= 15 is 0 Å². The maximum Gasteiger partial charge on any atom is 0.155 e. The van der Waals surface area contributed by atoms with Crippen molar-refractivity contribution >= 4 is 11.5 Å². The van der Waals surface area contributed by atoms with E-state index in [0.29, 0.717) is 11.4 Å². The molecule has 1 aromatic carbocycles. The van der Waals surface area contributed by atoms with Gasteiger partial charge in [0.05, 0.1) is 0 Å². The molecular weight excluding hydrogens is 202 g/mol. The first-order chi connectivity index (χ1) is 7.66. The predicted molar refractivity (Wildman–Crippen MR) is 64.3 cm³/mol. The van der Waals surface area contributed by atoms with Gasteiger partial charge in [-0.2, -0.15) is 0 Å². The Labute approximate surface area is 93.9 Å². The number of nitrogens with two attached hydrogens (primary N) is 2. The van der Waals surface area contributed by atoms with Gasteiger partial charge in [-0.3, -0.25) is 0 Å². The number of hydrogen-bond acceptors (Lipinski definition) is 4. The molecule has 16 heavy (non-hydrogen) atoms. The monoisotopic (exact) mass is 215 g/mol. The van der Waals surface area contributed by atoms with Crippen LogP contribution in [0, 0.1) is 6.92 Å². The number of aryl methyl sites for hydroxylation is 1. The molecule has 2 rings (SSSR count). The van der Waals surface area contributed by atoms with Crippen molar-refractivity contribution in [1.29, 1.82) is 0 Å². The lowest BCUT2D eigenvalue weighted by Gasteiger charge is -2.09. The summed E-state index contributed by atoms with van der Waals surface area (Å²) in [5.74, 6) is 1.54. The highest BCUT2D eigenvalue weighted by Crippen LogP contribution is 2.29. The van der Waals surface area contributed by atoms with Gasteiger partial charge >= 0.3 is 0 Å². The number of hydrogen-bond donors (Lipinski definition) is 2. The number of anilines is 2. The molecule has 0 atom stereocenters. The molecule has 4 N–H and O–H groups in total. The maximum atomic E-state index is 5.76. The SMILES string of the molecule is Cc1cccc(Oc2ccnc(N)c2N)c1. The summed E-state index contributed by atoms with van der Waals surface area (Å²) in [6, 6.07) is 9.40. The van der Waals surface area contributed by atoms with Crippen molar-refractivity contribution in [2.24, 2.45) is 0 Å². The minimum Gasteiger partial charge on any atom is -0.455 e. The van der Waals surface area contributed by atoms with Crippen LogP contribution in [0.1, 0.15) is 5.56 Å². The van der Waals surface area contributed by atoms with Crippen molar-refractivity contribution in [2.45, 2.75) is 6.92 Å². The summed E-state index contributed by atoms with van der Waals surface area (Å²) in [6.45, 7) is 2.00. The number of rotatable bonds is 2. The minimum atomic E-state index is 0.283. The van der Waals surface area contributed by atoms with Gasteiger partial charge in [-0.1, -0.05) is 12.1 Å². The van der Waals surface area contributed by atoms with Gasteiger partial charge in [-0.05, 0) is 24.6 Å². The average molecular weight is 215 g/mol. The zero-order valence-electron chi connectivity index (χ0n) is 8.97. The van der Waals surface area contributed by atoms with E-state index in [0.717, 1.165) is 11.3 Å². The van der Waals surface area contributed by atoms with Crippen molar-refractivity contribution < 1.29 is 4.74 Å². The lowest BCUT2D eigenvalue weighted by atomic mass is 10.2. The molecule has 0 saturated heterocycles. The zero-order chi connectivity index (χ0) is 11.5. The molecule has 1 aromatic heterocycles. The smallest absolute Gasteiger partial charge is 0.155 e. The fourth-order valence-corrected chi connectivity index (χ4v) is 1.37. The van der Waals surface area contributed by atoms with E-state index in [9.17, 15) is 0 Å². The molecule has 0 unspecified atom stereocenters. The van der Waals surface area contributed by atoms with E-state index in [4.69, 9.17) is 16.2 Å². The first-order valence-corrected chi connectivity index (χ1v) is 4.91. The second kappa shape index (κ2) is 4.10. The Hall–Kier alpha value is -2.23. The van der Waals surface area contributed by atoms with Gasteiger partial charge in [-0.15, -0.1) is 0 Å². The summed E-state index contributed by atoms with van der Waals surface area (Å²) in [5, 5.41) is 0. The number of benzene rings is 1. The van der Waals surface area contributed by atoms with Gasteiger partial charge in [0.15, 0.2) is 5.75 Å². The van der Waals surface area contributed by atoms with Gasteiger partial charge in [-0.25, -0.2) is 4.98 Å². The molecule has 0 radical (unpaired) electrons. The van der Waals surface area contributed by atoms with Gasteiger partial charge < -0.3 is 16.2 Å². The Morgan fingerprint density at radius 3 is 2.75 bits per heavy atom. The second-order valence-corrected chi connectivity index (χ2v) is 3.53. The molecule has 0 aliphatic heterocycles. The summed E-state index contributed by atoms with van der Waals surface area (Å²) in [6.07, 6.45) is 1.57. The molecule has 0 aliphatic carbocycles. The van der Waals surface area contributed by atoms with Crippen LogP contribution in [0.2, 0.25) is 0 Å². The molecule has 4 heteroatoms. The van der Waals surface area contributed by atoms with Crippen LogP contribution in [-0.2, 0) is 0 Å². The van der Waals surface area contributed by atoms with Crippen LogP contribution in [0.15, 0.2) is 36.5 Å². The van der Waals surface area contributed by atoms with Crippen LogP contribution in [-0.4, -0.2) is 4.98 Å². The molecular formula is C12H13N3O. The van der Waals surface area contributed by atoms with Gasteiger partial charge in [0.1, 0.15) is 17.3 Å². The third kappa shape index (κ3) is 2.06. The Kier molecular flexibility index (Phi) is 2.64. The fourth-order valence-electron chi connectivity index (χ4n) is 1.37. The summed E-state index contributed by atoms with van der Waals surface area (Å²) in [7, 11) is 0. The van der Waals surface area contributed by atoms with Crippen molar-refractivity contribution in [2.75, 3.05) is 11.5 Å². The highest BCUT2D eigenvalue weighted by molar-refractivity contribution is 5.67. The molecule has 82 valence electrons. The predicted octanol–water partition coefficient (Wildman–Crippen LogP) is 2.35. The number of aromatic nitrogens is 1. The summed E-state index contributed by atoms with van der Waals surface area (Å²) in [5.41, 5.74) is 12.8. The van der Waals surface area contributed by atoms with E-state index in [1.165, 1.54) is 0 Å². The van der Waals surface area contributed by atoms with E-state index in [1.54, 1.807) is 12.3 Å². The Morgan fingerprint density at radius 2 is 2.00 bits per heavy atom. The number of pyridine rings is 1. The highest BCUT2D eigenvalue weighted by atomic mass is 16.5. The molecule has 4 nitrogen and oxygen atoms in total. The Bertz CT molecular complexity index is 511. The third-order valence-electron chi connectivity index (χ3n) is 2.20. The topological polar surface area (TPSA) is 74.2 Å². The minimum absolute atomic E-state index is 0.283. The van der Waals surface area contributed by atoms with E-state index < -0.39 is 0 Å². The molecule has 0 spiro atoms. The van der Waals surface area contributed by atoms with Gasteiger partial charge in [0.2, 0.25) is 0 Å². The van der Waals surface area contributed by atoms with Crippen LogP contribution in [0.3, 0.4) is 0 Å². The molecule has 0 saturated carbocycles. The standard InChI is InChI=1S/C12H13N3O/c1-8-3-2-4-9(7-8)16-10-5-6-15-12(14)11(10)13/h2-7H,13H2,1H3,(H2,14,15). The quantitative estimate of drug-likeness (QED) is 0.806. The lowest BCUT2D eigenvalue weighted by molar-refractivity contribution is 0.484. The maximum absolute atomic E-state index is 5.76. The summed E-state index contributed by atoms with van der Waals surface area (Å²) in [4.78, 5) is 3.87. The molecule has 0 aliphatic rings. The molecule has 1 heterocycles. The summed E-state index contributed by atoms with van der Waals surface area (Å²) >= 11 is 0. The van der Waals surface area contributed by atoms with Crippen LogP contribution >= 0.6 is 0 Å².